The van der Waals surface area contributed by atoms with Crippen molar-refractivity contribution < 1.29 is 18.8 Å². The normalized spacial score (nSPS) is 15.4. The van der Waals surface area contributed by atoms with Crippen molar-refractivity contribution in [1.82, 2.24) is 14.8 Å². The number of carbonyl (C=O) groups excluding carboxylic acids is 3. The van der Waals surface area contributed by atoms with E-state index in [4.69, 9.17) is 4.42 Å². The Morgan fingerprint density at radius 2 is 1.82 bits per heavy atom. The van der Waals surface area contributed by atoms with Gasteiger partial charge in [-0.3, -0.25) is 19.8 Å². The molecule has 4 amide bonds. The molecule has 1 saturated heterocycles. The molecule has 0 radical (unpaired) electrons. The van der Waals surface area contributed by atoms with E-state index in [1.165, 1.54) is 11.8 Å². The van der Waals surface area contributed by atoms with Gasteiger partial charge in [-0.2, -0.15) is 0 Å². The van der Waals surface area contributed by atoms with Crippen LogP contribution in [0.25, 0.3) is 11.8 Å². The molecule has 1 fully saturated rings. The van der Waals surface area contributed by atoms with Crippen LogP contribution in [-0.2, 0) is 22.6 Å². The number of unbranched alkanes of at least 4 members (excludes halogenated alkanes) is 1. The average Bonchev–Trinajstić information content (AvgIpc) is 3.40. The monoisotopic (exact) mass is 445 g/mol. The highest BCUT2D eigenvalue weighted by Gasteiger charge is 2.36. The van der Waals surface area contributed by atoms with Crippen molar-refractivity contribution in [2.45, 2.75) is 46.6 Å². The Hall–Kier alpha value is -3.87. The average molecular weight is 446 g/mol. The maximum atomic E-state index is 13.0. The summed E-state index contributed by atoms with van der Waals surface area (Å²) in [6.07, 6.45) is 6.39. The summed E-state index contributed by atoms with van der Waals surface area (Å²) < 4.78 is 7.34. The van der Waals surface area contributed by atoms with Gasteiger partial charge in [0.2, 0.25) is 0 Å². The predicted molar refractivity (Wildman–Crippen MR) is 125 cm³/mol. The number of aryl methyl sites for hydroxylation is 2. The molecule has 0 spiro atoms. The van der Waals surface area contributed by atoms with E-state index in [0.717, 1.165) is 46.8 Å². The van der Waals surface area contributed by atoms with Gasteiger partial charge in [0.1, 0.15) is 11.3 Å². The van der Waals surface area contributed by atoms with E-state index in [1.807, 2.05) is 19.9 Å². The number of hydrogen-bond acceptors (Lipinski definition) is 4. The third-order valence-corrected chi connectivity index (χ3v) is 5.86. The van der Waals surface area contributed by atoms with Gasteiger partial charge in [0.05, 0.1) is 12.8 Å². The van der Waals surface area contributed by atoms with Crippen LogP contribution < -0.4 is 5.32 Å². The minimum absolute atomic E-state index is 0.0499. The first-order chi connectivity index (χ1) is 15.9. The molecule has 3 aromatic rings. The van der Waals surface area contributed by atoms with Crippen LogP contribution in [0, 0.1) is 13.8 Å². The zero-order valence-electron chi connectivity index (χ0n) is 19.1. The summed E-state index contributed by atoms with van der Waals surface area (Å²) in [6.45, 7) is 6.06. The third kappa shape index (κ3) is 4.53. The molecule has 170 valence electrons. The number of carbonyl (C=O) groups is 3. The maximum Gasteiger partial charge on any atom is 0.331 e. The highest BCUT2D eigenvalue weighted by Crippen LogP contribution is 2.25. The van der Waals surface area contributed by atoms with Gasteiger partial charge in [0.25, 0.3) is 11.8 Å². The van der Waals surface area contributed by atoms with Crippen LogP contribution >= 0.6 is 0 Å². The van der Waals surface area contributed by atoms with Crippen LogP contribution in [0.3, 0.4) is 0 Å². The quantitative estimate of drug-likeness (QED) is 0.422. The predicted octanol–water partition coefficient (Wildman–Crippen LogP) is 4.69. The summed E-state index contributed by atoms with van der Waals surface area (Å²) in [5.74, 6) is -0.899. The molecule has 0 unspecified atom stereocenters. The van der Waals surface area contributed by atoms with Crippen LogP contribution in [0.2, 0.25) is 0 Å². The van der Waals surface area contributed by atoms with Crippen molar-refractivity contribution in [1.29, 1.82) is 0 Å². The summed E-state index contributed by atoms with van der Waals surface area (Å²) in [7, 11) is 0. The lowest BCUT2D eigenvalue weighted by atomic mass is 10.1. The largest absolute Gasteiger partial charge is 0.467 e. The lowest BCUT2D eigenvalue weighted by molar-refractivity contribution is -0.130. The number of imide groups is 2. The van der Waals surface area contributed by atoms with E-state index < -0.39 is 17.8 Å². The van der Waals surface area contributed by atoms with Gasteiger partial charge in [-0.15, -0.1) is 0 Å². The second kappa shape index (κ2) is 9.32. The van der Waals surface area contributed by atoms with Gasteiger partial charge in [0, 0.05) is 17.1 Å². The Balaban J connectivity index is 1.64. The Kier molecular flexibility index (Phi) is 6.31. The Morgan fingerprint density at radius 1 is 1.06 bits per heavy atom. The van der Waals surface area contributed by atoms with Crippen LogP contribution in [0.15, 0.2) is 58.7 Å². The number of barbiturate groups is 1. The Labute approximate surface area is 192 Å². The van der Waals surface area contributed by atoms with Crippen molar-refractivity contribution in [3.8, 4) is 5.69 Å². The van der Waals surface area contributed by atoms with Gasteiger partial charge >= 0.3 is 6.03 Å². The standard InChI is InChI=1S/C26H27N3O4/c1-4-5-7-19-9-11-21(12-10-19)29-17(2)14-20(18(29)3)15-23-24(30)27-26(32)28(25(23)31)16-22-8-6-13-33-22/h6,8-15H,4-5,7,16H2,1-3H3,(H,27,30,32). The molecule has 2 aromatic heterocycles. The molecule has 7 heteroatoms. The van der Waals surface area contributed by atoms with Gasteiger partial charge in [-0.05, 0) is 74.2 Å². The van der Waals surface area contributed by atoms with Crippen molar-refractivity contribution in [3.05, 3.63) is 82.6 Å². The fraction of sp³-hybridized carbons (Fsp3) is 0.269. The lowest BCUT2D eigenvalue weighted by Gasteiger charge is -2.25. The second-order valence-corrected chi connectivity index (χ2v) is 8.22. The number of amides is 4. The van der Waals surface area contributed by atoms with Crippen molar-refractivity contribution >= 4 is 23.9 Å². The van der Waals surface area contributed by atoms with Gasteiger partial charge in [-0.25, -0.2) is 4.79 Å². The molecule has 0 aliphatic carbocycles. The van der Waals surface area contributed by atoms with Crippen LogP contribution in [0.1, 0.15) is 48.0 Å². The number of nitrogens with zero attached hydrogens (tertiary/aromatic N) is 2. The van der Waals surface area contributed by atoms with E-state index >= 15 is 0 Å². The zero-order chi connectivity index (χ0) is 23.5. The van der Waals surface area contributed by atoms with Crippen molar-refractivity contribution in [3.63, 3.8) is 0 Å². The number of nitrogens with one attached hydrogen (secondary N) is 1. The molecule has 4 rings (SSSR count). The van der Waals surface area contributed by atoms with E-state index in [9.17, 15) is 14.4 Å². The van der Waals surface area contributed by atoms with Crippen LogP contribution in [0.4, 0.5) is 4.79 Å². The SMILES string of the molecule is CCCCc1ccc(-n2c(C)cc(C=C3C(=O)NC(=O)N(Cc4ccco4)C3=O)c2C)cc1. The topological polar surface area (TPSA) is 84.6 Å². The molecule has 0 bridgehead atoms. The van der Waals surface area contributed by atoms with E-state index in [1.54, 1.807) is 18.2 Å². The second-order valence-electron chi connectivity index (χ2n) is 8.22. The third-order valence-electron chi connectivity index (χ3n) is 5.86. The molecule has 3 heterocycles. The maximum absolute atomic E-state index is 13.0. The van der Waals surface area contributed by atoms with Crippen LogP contribution in [-0.4, -0.2) is 27.3 Å². The van der Waals surface area contributed by atoms with Gasteiger partial charge in [0.15, 0.2) is 0 Å². The molecule has 0 saturated carbocycles. The highest BCUT2D eigenvalue weighted by molar-refractivity contribution is 6.31. The molecule has 1 aliphatic rings. The summed E-state index contributed by atoms with van der Waals surface area (Å²) in [6, 6.07) is 13.0. The van der Waals surface area contributed by atoms with E-state index in [-0.39, 0.29) is 12.1 Å². The van der Waals surface area contributed by atoms with E-state index in [0.29, 0.717) is 5.76 Å². The molecule has 7 nitrogen and oxygen atoms in total. The number of aromatic nitrogens is 1. The minimum atomic E-state index is -0.757. The molecule has 0 atom stereocenters. The molecule has 1 aromatic carbocycles. The number of furan rings is 1. The molecule has 1 N–H and O–H groups in total. The van der Waals surface area contributed by atoms with E-state index in [2.05, 4.69) is 41.1 Å². The fourth-order valence-electron chi connectivity index (χ4n) is 4.08. The number of urea groups is 1. The summed E-state index contributed by atoms with van der Waals surface area (Å²) in [4.78, 5) is 38.7. The first-order valence-electron chi connectivity index (χ1n) is 11.1. The van der Waals surface area contributed by atoms with Gasteiger partial charge < -0.3 is 8.98 Å². The molecule has 33 heavy (non-hydrogen) atoms. The van der Waals surface area contributed by atoms with Crippen molar-refractivity contribution in [2.75, 3.05) is 0 Å². The molecule has 1 aliphatic heterocycles. The van der Waals surface area contributed by atoms with Gasteiger partial charge in [-0.1, -0.05) is 25.5 Å². The summed E-state index contributed by atoms with van der Waals surface area (Å²) in [5, 5.41) is 2.25. The Bertz CT molecular complexity index is 1220. The number of hydrogen-bond donors (Lipinski definition) is 1. The fourth-order valence-corrected chi connectivity index (χ4v) is 4.08. The lowest BCUT2D eigenvalue weighted by Crippen LogP contribution is -2.53. The van der Waals surface area contributed by atoms with Crippen molar-refractivity contribution in [2.24, 2.45) is 0 Å². The zero-order valence-corrected chi connectivity index (χ0v) is 19.1. The minimum Gasteiger partial charge on any atom is -0.467 e. The number of rotatable bonds is 7. The molecular formula is C26H27N3O4. The molecular weight excluding hydrogens is 418 g/mol. The Morgan fingerprint density at radius 3 is 2.48 bits per heavy atom. The number of benzene rings is 1. The first-order valence-corrected chi connectivity index (χ1v) is 11.1. The summed E-state index contributed by atoms with van der Waals surface area (Å²) >= 11 is 0. The van der Waals surface area contributed by atoms with Crippen LogP contribution in [0.5, 0.6) is 0 Å². The first kappa shape index (κ1) is 22.3. The summed E-state index contributed by atoms with van der Waals surface area (Å²) in [5.41, 5.74) is 4.86. The smallest absolute Gasteiger partial charge is 0.331 e. The highest BCUT2D eigenvalue weighted by atomic mass is 16.3.